The zero-order chi connectivity index (χ0) is 32.5. The number of hydrogen-bond donors (Lipinski definition) is 2. The molecule has 0 saturated carbocycles. The Hall–Kier alpha value is -3.26. The third-order valence-corrected chi connectivity index (χ3v) is 11.8. The van der Waals surface area contributed by atoms with Crippen molar-refractivity contribution >= 4 is 86.9 Å². The lowest BCUT2D eigenvalue weighted by Gasteiger charge is -2.22. The molecule has 0 amide bonds. The van der Waals surface area contributed by atoms with Crippen LogP contribution in [-0.4, -0.2) is 44.0 Å². The van der Waals surface area contributed by atoms with Gasteiger partial charge in [-0.25, -0.2) is 0 Å². The minimum atomic E-state index is -4.09. The SMILES string of the molecule is CCCC(=Cc1sc2ccc3ccccc3c2[n+]1CCCS(=O)(=O)O)C=C1Sc2ccc3ccccc3c2N1CCCS(=O)(=O)O. The normalized spacial score (nSPS) is 15.1. The van der Waals surface area contributed by atoms with Crippen LogP contribution in [0.25, 0.3) is 37.8 Å². The molecule has 46 heavy (non-hydrogen) atoms. The number of nitrogens with zero attached hydrogens (tertiary/aromatic N) is 2. The second-order valence-electron chi connectivity index (χ2n) is 11.3. The number of thiazole rings is 1. The Bertz CT molecular complexity index is 2220. The molecule has 0 bridgehead atoms. The lowest BCUT2D eigenvalue weighted by Crippen LogP contribution is -2.36. The zero-order valence-corrected chi connectivity index (χ0v) is 28.6. The maximum Gasteiger partial charge on any atom is 0.265 e. The second-order valence-corrected chi connectivity index (χ2v) is 16.6. The van der Waals surface area contributed by atoms with Crippen molar-refractivity contribution in [1.29, 1.82) is 0 Å². The minimum absolute atomic E-state index is 0.267. The maximum atomic E-state index is 11.6. The number of fused-ring (bicyclic) bond motifs is 6. The van der Waals surface area contributed by atoms with Crippen molar-refractivity contribution in [3.05, 3.63) is 94.5 Å². The van der Waals surface area contributed by atoms with Gasteiger partial charge in [-0.1, -0.05) is 91.0 Å². The fraction of sp³-hybridized carbons (Fsp3) is 0.265. The number of thioether (sulfide) groups is 1. The van der Waals surface area contributed by atoms with Gasteiger partial charge in [0.25, 0.3) is 25.2 Å². The fourth-order valence-electron chi connectivity index (χ4n) is 6.01. The lowest BCUT2D eigenvalue weighted by atomic mass is 10.1. The average molecular weight is 696 g/mol. The van der Waals surface area contributed by atoms with Crippen LogP contribution in [-0.2, 0) is 26.8 Å². The predicted molar refractivity (Wildman–Crippen MR) is 190 cm³/mol. The third-order valence-electron chi connectivity index (χ3n) is 7.95. The van der Waals surface area contributed by atoms with E-state index in [1.54, 1.807) is 23.1 Å². The Morgan fingerprint density at radius 3 is 2.22 bits per heavy atom. The first-order chi connectivity index (χ1) is 22.0. The summed E-state index contributed by atoms with van der Waals surface area (Å²) in [5.41, 5.74) is 3.16. The smallest absolute Gasteiger partial charge is 0.265 e. The van der Waals surface area contributed by atoms with E-state index in [1.165, 1.54) is 0 Å². The van der Waals surface area contributed by atoms with E-state index >= 15 is 0 Å². The number of rotatable bonds is 12. The number of aryl methyl sites for hydroxylation is 1. The summed E-state index contributed by atoms with van der Waals surface area (Å²) in [6.45, 7) is 2.96. The van der Waals surface area contributed by atoms with Gasteiger partial charge in [-0.15, -0.1) is 0 Å². The molecule has 1 aromatic heterocycles. The summed E-state index contributed by atoms with van der Waals surface area (Å²) < 4.78 is 68.5. The molecule has 0 unspecified atom stereocenters. The van der Waals surface area contributed by atoms with Crippen molar-refractivity contribution in [2.75, 3.05) is 23.0 Å². The van der Waals surface area contributed by atoms with Crippen LogP contribution >= 0.6 is 23.1 Å². The quantitative estimate of drug-likeness (QED) is 0.101. The Kier molecular flexibility index (Phi) is 9.56. The largest absolute Gasteiger partial charge is 0.334 e. The Morgan fingerprint density at radius 2 is 1.50 bits per heavy atom. The van der Waals surface area contributed by atoms with Gasteiger partial charge in [0, 0.05) is 29.3 Å². The second kappa shape index (κ2) is 13.5. The van der Waals surface area contributed by atoms with Gasteiger partial charge < -0.3 is 4.90 Å². The van der Waals surface area contributed by atoms with Gasteiger partial charge in [-0.3, -0.25) is 9.11 Å². The molecule has 0 fully saturated rings. The van der Waals surface area contributed by atoms with Crippen molar-refractivity contribution in [2.45, 2.75) is 44.0 Å². The van der Waals surface area contributed by atoms with Crippen LogP contribution in [0.2, 0.25) is 0 Å². The van der Waals surface area contributed by atoms with Crippen LogP contribution in [0.5, 0.6) is 0 Å². The molecule has 8 nitrogen and oxygen atoms in total. The lowest BCUT2D eigenvalue weighted by molar-refractivity contribution is -0.667. The van der Waals surface area contributed by atoms with Crippen molar-refractivity contribution in [2.24, 2.45) is 0 Å². The van der Waals surface area contributed by atoms with E-state index in [0.29, 0.717) is 13.1 Å². The Balaban J connectivity index is 1.46. The van der Waals surface area contributed by atoms with Crippen LogP contribution in [0.4, 0.5) is 5.69 Å². The van der Waals surface area contributed by atoms with Gasteiger partial charge >= 0.3 is 0 Å². The molecule has 240 valence electrons. The molecular weight excluding hydrogens is 661 g/mol. The average Bonchev–Trinajstić information content (AvgIpc) is 3.53. The van der Waals surface area contributed by atoms with E-state index in [0.717, 1.165) is 70.8 Å². The molecule has 6 rings (SSSR count). The molecule has 2 heterocycles. The molecule has 0 spiro atoms. The summed E-state index contributed by atoms with van der Waals surface area (Å²) in [5.74, 6) is -0.642. The van der Waals surface area contributed by atoms with Crippen LogP contribution in [0.3, 0.4) is 0 Å². The van der Waals surface area contributed by atoms with Gasteiger partial charge in [0.2, 0.25) is 5.52 Å². The molecule has 4 aromatic carbocycles. The van der Waals surface area contributed by atoms with Gasteiger partial charge in [-0.05, 0) is 53.5 Å². The van der Waals surface area contributed by atoms with E-state index in [4.69, 9.17) is 0 Å². The molecule has 2 N–H and O–H groups in total. The first-order valence-electron chi connectivity index (χ1n) is 15.1. The minimum Gasteiger partial charge on any atom is -0.334 e. The first kappa shape index (κ1) is 32.7. The molecule has 0 atom stereocenters. The van der Waals surface area contributed by atoms with E-state index in [9.17, 15) is 25.9 Å². The van der Waals surface area contributed by atoms with Crippen molar-refractivity contribution in [3.63, 3.8) is 0 Å². The molecule has 0 saturated heterocycles. The van der Waals surface area contributed by atoms with Gasteiger partial charge in [0.1, 0.15) is 4.70 Å². The zero-order valence-electron chi connectivity index (χ0n) is 25.3. The Morgan fingerprint density at radius 1 is 0.848 bits per heavy atom. The molecular formula is C34H35N2O6S4+. The molecule has 12 heteroatoms. The highest BCUT2D eigenvalue weighted by atomic mass is 32.2. The summed E-state index contributed by atoms with van der Waals surface area (Å²) >= 11 is 3.29. The highest BCUT2D eigenvalue weighted by molar-refractivity contribution is 8.03. The van der Waals surface area contributed by atoms with Crippen molar-refractivity contribution < 1.29 is 30.5 Å². The van der Waals surface area contributed by atoms with Gasteiger partial charge in [0.15, 0.2) is 6.54 Å². The number of hydrogen-bond acceptors (Lipinski definition) is 7. The van der Waals surface area contributed by atoms with Crippen LogP contribution in [0, 0.1) is 0 Å². The van der Waals surface area contributed by atoms with E-state index in [1.807, 2.05) is 24.3 Å². The third kappa shape index (κ3) is 7.32. The first-order valence-corrected chi connectivity index (χ1v) is 20.0. The molecule has 1 aliphatic rings. The van der Waals surface area contributed by atoms with E-state index in [-0.39, 0.29) is 24.3 Å². The number of benzene rings is 4. The fourth-order valence-corrected chi connectivity index (χ4v) is 9.36. The van der Waals surface area contributed by atoms with Crippen LogP contribution in [0.1, 0.15) is 37.6 Å². The highest BCUT2D eigenvalue weighted by Gasteiger charge is 2.28. The topological polar surface area (TPSA) is 116 Å². The number of aromatic nitrogens is 1. The number of allylic oxidation sites excluding steroid dienone is 2. The summed E-state index contributed by atoms with van der Waals surface area (Å²) in [6, 6.07) is 24.7. The summed E-state index contributed by atoms with van der Waals surface area (Å²) in [4.78, 5) is 3.25. The highest BCUT2D eigenvalue weighted by Crippen LogP contribution is 2.50. The summed E-state index contributed by atoms with van der Waals surface area (Å²) in [7, 11) is -8.19. The Labute approximate surface area is 277 Å². The monoisotopic (exact) mass is 695 g/mol. The van der Waals surface area contributed by atoms with Gasteiger partial charge in [-0.2, -0.15) is 21.4 Å². The summed E-state index contributed by atoms with van der Waals surface area (Å²) in [6.07, 6.45) is 6.56. The summed E-state index contributed by atoms with van der Waals surface area (Å²) in [5, 5.41) is 6.30. The standard InChI is InChI=1S/C34H34N2O6S4/c1-2-9-24(22-31-35(18-7-20-45(37,38)39)33-27-12-5-3-10-25(27)14-16-29(33)43-31)23-32-36(19-8-21-46(40,41)42)34-28-13-6-4-11-26(28)15-17-30(34)44-32/h3-6,10-17,22-23H,2,7-9,18-21H2,1H3,(H-,37,38,39,40,41,42)/p+1. The van der Waals surface area contributed by atoms with Crippen molar-refractivity contribution in [3.8, 4) is 0 Å². The maximum absolute atomic E-state index is 11.6. The van der Waals surface area contributed by atoms with E-state index < -0.39 is 20.2 Å². The number of anilines is 1. The predicted octanol–water partition coefficient (Wildman–Crippen LogP) is 7.69. The van der Waals surface area contributed by atoms with E-state index in [2.05, 4.69) is 77.1 Å². The molecule has 0 radical (unpaired) electrons. The molecule has 1 aliphatic heterocycles. The van der Waals surface area contributed by atoms with Crippen molar-refractivity contribution in [1.82, 2.24) is 0 Å². The van der Waals surface area contributed by atoms with Crippen LogP contribution in [0.15, 0.2) is 94.4 Å². The molecule has 5 aromatic rings. The van der Waals surface area contributed by atoms with Gasteiger partial charge in [0.05, 0.1) is 27.6 Å². The molecule has 0 aliphatic carbocycles. The van der Waals surface area contributed by atoms with Crippen LogP contribution < -0.4 is 9.47 Å².